The molecule has 0 aromatic heterocycles. The van der Waals surface area contributed by atoms with Crippen molar-refractivity contribution in [3.63, 3.8) is 0 Å². The first-order valence-corrected chi connectivity index (χ1v) is 9.15. The molecule has 0 spiro atoms. The van der Waals surface area contributed by atoms with E-state index in [1.807, 2.05) is 6.07 Å². The highest BCUT2D eigenvalue weighted by Gasteiger charge is 2.50. The van der Waals surface area contributed by atoms with E-state index in [0.29, 0.717) is 5.92 Å². The average Bonchev–Trinajstić information content (AvgIpc) is 2.78. The van der Waals surface area contributed by atoms with Crippen LogP contribution in [0.3, 0.4) is 0 Å². The van der Waals surface area contributed by atoms with Crippen LogP contribution in [-0.4, -0.2) is 25.4 Å². The zero-order valence-corrected chi connectivity index (χ0v) is 16.3. The fourth-order valence-corrected chi connectivity index (χ4v) is 3.31. The highest BCUT2D eigenvalue weighted by molar-refractivity contribution is 6.45. The molecule has 25 heavy (non-hydrogen) atoms. The largest absolute Gasteiger partial charge is 0.497 e. The lowest BCUT2D eigenvalue weighted by Crippen LogP contribution is -2.41. The van der Waals surface area contributed by atoms with Crippen LogP contribution in [0.5, 0.6) is 5.75 Å². The molecule has 4 heteroatoms. The van der Waals surface area contributed by atoms with E-state index < -0.39 is 0 Å². The van der Waals surface area contributed by atoms with Crippen LogP contribution in [0.2, 0.25) is 6.32 Å². The van der Waals surface area contributed by atoms with Crippen LogP contribution in [0.4, 0.5) is 0 Å². The number of fused-ring (bicyclic) bond motifs is 1. The minimum atomic E-state index is -0.247. The Hall–Kier alpha value is -1.52. The van der Waals surface area contributed by atoms with Crippen molar-refractivity contribution in [2.24, 2.45) is 0 Å². The van der Waals surface area contributed by atoms with Crippen LogP contribution in [0.25, 0.3) is 10.8 Å². The number of methoxy groups -OCH3 is 1. The second-order valence-electron chi connectivity index (χ2n) is 8.14. The summed E-state index contributed by atoms with van der Waals surface area (Å²) in [7, 11) is 1.59. The molecule has 1 saturated heterocycles. The van der Waals surface area contributed by atoms with Gasteiger partial charge in [0.2, 0.25) is 0 Å². The zero-order chi connectivity index (χ0) is 18.2. The minimum absolute atomic E-state index is 0.114. The fourth-order valence-electron chi connectivity index (χ4n) is 3.31. The molecule has 1 aliphatic rings. The second-order valence-corrected chi connectivity index (χ2v) is 8.14. The third-order valence-corrected chi connectivity index (χ3v) is 5.78. The molecule has 1 atom stereocenters. The molecule has 0 amide bonds. The lowest BCUT2D eigenvalue weighted by atomic mass is 9.78. The summed E-state index contributed by atoms with van der Waals surface area (Å²) in [5, 5.41) is 2.46. The first-order valence-electron chi connectivity index (χ1n) is 9.15. The average molecular weight is 340 g/mol. The summed E-state index contributed by atoms with van der Waals surface area (Å²) in [6, 6.07) is 12.9. The van der Waals surface area contributed by atoms with Gasteiger partial charge in [0.15, 0.2) is 0 Å². The van der Waals surface area contributed by atoms with E-state index in [9.17, 15) is 0 Å². The summed E-state index contributed by atoms with van der Waals surface area (Å²) in [6.07, 6.45) is 1.95. The van der Waals surface area contributed by atoms with E-state index in [0.717, 1.165) is 18.5 Å². The van der Waals surface area contributed by atoms with Gasteiger partial charge in [-0.15, -0.1) is 0 Å². The summed E-state index contributed by atoms with van der Waals surface area (Å²) < 4.78 is 17.5. The molecule has 0 N–H and O–H groups in total. The van der Waals surface area contributed by atoms with E-state index in [4.69, 9.17) is 14.0 Å². The summed E-state index contributed by atoms with van der Waals surface area (Å²) in [6.45, 7) is 10.7. The van der Waals surface area contributed by atoms with Gasteiger partial charge in [0.25, 0.3) is 0 Å². The highest BCUT2D eigenvalue weighted by atomic mass is 16.7. The van der Waals surface area contributed by atoms with E-state index in [1.54, 1.807) is 7.11 Å². The van der Waals surface area contributed by atoms with E-state index in [1.165, 1.54) is 16.3 Å². The first kappa shape index (κ1) is 18.3. The SMILES string of the molecule is COc1ccc2cc([C@H](C)CCB3OC(C)(C)C(C)(C)O3)ccc2c1. The second kappa shape index (κ2) is 6.66. The Morgan fingerprint density at radius 3 is 2.20 bits per heavy atom. The summed E-state index contributed by atoms with van der Waals surface area (Å²) in [4.78, 5) is 0. The number of rotatable bonds is 5. The first-order chi connectivity index (χ1) is 11.7. The van der Waals surface area contributed by atoms with Gasteiger partial charge in [0.1, 0.15) is 5.75 Å². The topological polar surface area (TPSA) is 27.7 Å². The Bertz CT molecular complexity index is 738. The number of benzene rings is 2. The van der Waals surface area contributed by atoms with Gasteiger partial charge in [-0.25, -0.2) is 0 Å². The van der Waals surface area contributed by atoms with Gasteiger partial charge in [0.05, 0.1) is 18.3 Å². The standard InChI is InChI=1S/C21H29BO3/c1-15(11-12-22-24-20(2,3)21(4,5)25-22)16-7-8-18-14-19(23-6)10-9-17(18)13-16/h7-10,13-15H,11-12H2,1-6H3/t15-/m1/s1. The molecule has 1 heterocycles. The lowest BCUT2D eigenvalue weighted by Gasteiger charge is -2.32. The monoisotopic (exact) mass is 340 g/mol. The van der Waals surface area contributed by atoms with Crippen LogP contribution >= 0.6 is 0 Å². The molecule has 3 nitrogen and oxygen atoms in total. The molecule has 0 saturated carbocycles. The molecule has 0 bridgehead atoms. The van der Waals surface area contributed by atoms with Crippen LogP contribution in [-0.2, 0) is 9.31 Å². The van der Waals surface area contributed by atoms with Gasteiger partial charge >= 0.3 is 7.12 Å². The molecular formula is C21H29BO3. The maximum absolute atomic E-state index is 6.11. The summed E-state index contributed by atoms with van der Waals surface area (Å²) in [5.41, 5.74) is 0.861. The molecular weight excluding hydrogens is 311 g/mol. The molecule has 2 aromatic rings. The van der Waals surface area contributed by atoms with Crippen molar-refractivity contribution >= 4 is 17.9 Å². The third kappa shape index (κ3) is 3.70. The molecule has 2 aromatic carbocycles. The van der Waals surface area contributed by atoms with Crippen molar-refractivity contribution in [2.45, 2.75) is 64.5 Å². The van der Waals surface area contributed by atoms with Crippen LogP contribution in [0.1, 0.15) is 52.5 Å². The van der Waals surface area contributed by atoms with Gasteiger partial charge in [-0.05, 0) is 74.8 Å². The van der Waals surface area contributed by atoms with Crippen LogP contribution in [0.15, 0.2) is 36.4 Å². The van der Waals surface area contributed by atoms with E-state index >= 15 is 0 Å². The maximum atomic E-state index is 6.11. The highest BCUT2D eigenvalue weighted by Crippen LogP contribution is 2.39. The van der Waals surface area contributed by atoms with Crippen molar-refractivity contribution in [2.75, 3.05) is 7.11 Å². The number of ether oxygens (including phenoxy) is 1. The molecule has 0 radical (unpaired) electrons. The van der Waals surface area contributed by atoms with Crippen LogP contribution < -0.4 is 4.74 Å². The summed E-state index contributed by atoms with van der Waals surface area (Å²) >= 11 is 0. The van der Waals surface area contributed by atoms with Crippen molar-refractivity contribution in [3.8, 4) is 5.75 Å². The third-order valence-electron chi connectivity index (χ3n) is 5.78. The van der Waals surface area contributed by atoms with E-state index in [-0.39, 0.29) is 18.3 Å². The Labute approximate surface area is 151 Å². The number of hydrogen-bond acceptors (Lipinski definition) is 3. The number of hydrogen-bond donors (Lipinski definition) is 0. The molecule has 1 aliphatic heterocycles. The van der Waals surface area contributed by atoms with Gasteiger partial charge < -0.3 is 14.0 Å². The summed E-state index contributed by atoms with van der Waals surface area (Å²) in [5.74, 6) is 1.36. The molecule has 3 rings (SSSR count). The van der Waals surface area contributed by atoms with Gasteiger partial charge in [-0.1, -0.05) is 31.2 Å². The Kier molecular flexibility index (Phi) is 4.87. The Balaban J connectivity index is 1.66. The van der Waals surface area contributed by atoms with Crippen molar-refractivity contribution in [3.05, 3.63) is 42.0 Å². The molecule has 1 fully saturated rings. The Morgan fingerprint density at radius 1 is 0.960 bits per heavy atom. The smallest absolute Gasteiger partial charge is 0.457 e. The molecule has 134 valence electrons. The van der Waals surface area contributed by atoms with Crippen molar-refractivity contribution in [1.82, 2.24) is 0 Å². The van der Waals surface area contributed by atoms with Crippen LogP contribution in [0, 0.1) is 0 Å². The zero-order valence-electron chi connectivity index (χ0n) is 16.3. The van der Waals surface area contributed by atoms with Gasteiger partial charge in [-0.2, -0.15) is 0 Å². The van der Waals surface area contributed by atoms with Crippen molar-refractivity contribution in [1.29, 1.82) is 0 Å². The minimum Gasteiger partial charge on any atom is -0.497 e. The van der Waals surface area contributed by atoms with Crippen molar-refractivity contribution < 1.29 is 14.0 Å². The Morgan fingerprint density at radius 2 is 1.56 bits per heavy atom. The maximum Gasteiger partial charge on any atom is 0.457 e. The lowest BCUT2D eigenvalue weighted by molar-refractivity contribution is 0.00578. The molecule has 0 unspecified atom stereocenters. The predicted octanol–water partition coefficient (Wildman–Crippen LogP) is 5.43. The van der Waals surface area contributed by atoms with E-state index in [2.05, 4.69) is 65.0 Å². The van der Waals surface area contributed by atoms with Gasteiger partial charge in [-0.3, -0.25) is 0 Å². The fraction of sp³-hybridized carbons (Fsp3) is 0.524. The normalized spacial score (nSPS) is 20.0. The predicted molar refractivity (Wildman–Crippen MR) is 104 cm³/mol. The molecule has 0 aliphatic carbocycles. The quantitative estimate of drug-likeness (QED) is 0.679. The van der Waals surface area contributed by atoms with Gasteiger partial charge in [0, 0.05) is 0 Å².